The molecule has 1 saturated carbocycles. The van der Waals surface area contributed by atoms with Gasteiger partial charge in [0.1, 0.15) is 0 Å². The van der Waals surface area contributed by atoms with Gasteiger partial charge in [-0.2, -0.15) is 0 Å². The first-order chi connectivity index (χ1) is 4.36. The largest absolute Gasteiger partial charge is 0.336 e. The van der Waals surface area contributed by atoms with Gasteiger partial charge in [0.25, 0.3) is 0 Å². The van der Waals surface area contributed by atoms with Gasteiger partial charge in [-0.25, -0.2) is 4.79 Å². The molecule has 0 aromatic heterocycles. The van der Waals surface area contributed by atoms with Crippen LogP contribution in [0.2, 0.25) is 0 Å². The van der Waals surface area contributed by atoms with E-state index in [-0.39, 0.29) is 6.03 Å². The Bertz CT molecular complexity index is 142. The molecular weight excluding hydrogens is 116 g/mol. The lowest BCUT2D eigenvalue weighted by Crippen LogP contribution is -2.28. The maximum Gasteiger partial charge on any atom is 0.315 e. The van der Waals surface area contributed by atoms with Crippen molar-refractivity contribution in [2.75, 3.05) is 6.54 Å². The van der Waals surface area contributed by atoms with Gasteiger partial charge in [-0.3, -0.25) is 0 Å². The van der Waals surface area contributed by atoms with Gasteiger partial charge in [0.15, 0.2) is 0 Å². The summed E-state index contributed by atoms with van der Waals surface area (Å²) in [7, 11) is 0. The third kappa shape index (κ3) is 0.866. The molecule has 0 aromatic carbocycles. The maximum atomic E-state index is 10.6. The number of carbonyl (C=O) groups is 1. The van der Waals surface area contributed by atoms with Crippen molar-refractivity contribution in [1.29, 1.82) is 0 Å². The second-order valence-electron chi connectivity index (χ2n) is 2.80. The summed E-state index contributed by atoms with van der Waals surface area (Å²) < 4.78 is 0. The SMILES string of the molecule is O=C1NC[C@@H](C2CC2)N1. The van der Waals surface area contributed by atoms with Crippen molar-refractivity contribution >= 4 is 6.03 Å². The molecule has 1 aliphatic carbocycles. The predicted octanol–water partition coefficient (Wildman–Crippen LogP) is 0.0778. The van der Waals surface area contributed by atoms with Gasteiger partial charge in [-0.1, -0.05) is 0 Å². The fraction of sp³-hybridized carbons (Fsp3) is 0.833. The maximum absolute atomic E-state index is 10.6. The van der Waals surface area contributed by atoms with Crippen LogP contribution in [0.5, 0.6) is 0 Å². The lowest BCUT2D eigenvalue weighted by molar-refractivity contribution is 0.247. The van der Waals surface area contributed by atoms with Crippen LogP contribution < -0.4 is 10.6 Å². The number of hydrogen-bond acceptors (Lipinski definition) is 1. The highest BCUT2D eigenvalue weighted by molar-refractivity contribution is 5.76. The molecule has 2 aliphatic rings. The van der Waals surface area contributed by atoms with Crippen LogP contribution in [0.15, 0.2) is 0 Å². The van der Waals surface area contributed by atoms with E-state index < -0.39 is 0 Å². The summed E-state index contributed by atoms with van der Waals surface area (Å²) in [5, 5.41) is 5.61. The van der Waals surface area contributed by atoms with Gasteiger partial charge in [0.05, 0.1) is 6.04 Å². The fourth-order valence-electron chi connectivity index (χ4n) is 1.26. The molecule has 0 aromatic rings. The number of carbonyl (C=O) groups excluding carboxylic acids is 1. The van der Waals surface area contributed by atoms with Crippen molar-refractivity contribution in [3.05, 3.63) is 0 Å². The quantitative estimate of drug-likeness (QED) is 0.513. The van der Waals surface area contributed by atoms with Gasteiger partial charge in [0.2, 0.25) is 0 Å². The van der Waals surface area contributed by atoms with Crippen LogP contribution in [0, 0.1) is 5.92 Å². The summed E-state index contributed by atoms with van der Waals surface area (Å²) in [5.74, 6) is 0.781. The summed E-state index contributed by atoms with van der Waals surface area (Å²) in [4.78, 5) is 10.6. The minimum atomic E-state index is 0.00639. The molecule has 0 bridgehead atoms. The molecule has 3 heteroatoms. The molecule has 9 heavy (non-hydrogen) atoms. The molecule has 0 unspecified atom stereocenters. The molecule has 2 amide bonds. The van der Waals surface area contributed by atoms with Gasteiger partial charge in [-0.05, 0) is 18.8 Å². The Morgan fingerprint density at radius 3 is 2.67 bits per heavy atom. The smallest absolute Gasteiger partial charge is 0.315 e. The van der Waals surface area contributed by atoms with Gasteiger partial charge < -0.3 is 10.6 Å². The van der Waals surface area contributed by atoms with Crippen molar-refractivity contribution in [2.24, 2.45) is 5.92 Å². The standard InChI is InChI=1S/C6H10N2O/c9-6-7-3-5(8-6)4-1-2-4/h4-5H,1-3H2,(H2,7,8,9)/t5-/m0/s1. The number of urea groups is 1. The highest BCUT2D eigenvalue weighted by atomic mass is 16.2. The monoisotopic (exact) mass is 126 g/mol. The average molecular weight is 126 g/mol. The third-order valence-corrected chi connectivity index (χ3v) is 1.99. The topological polar surface area (TPSA) is 41.1 Å². The zero-order valence-electron chi connectivity index (χ0n) is 5.18. The molecule has 2 N–H and O–H groups in total. The molecule has 0 spiro atoms. The Kier molecular flexibility index (Phi) is 0.917. The van der Waals surface area contributed by atoms with Crippen LogP contribution >= 0.6 is 0 Å². The predicted molar refractivity (Wildman–Crippen MR) is 33.0 cm³/mol. The number of rotatable bonds is 1. The Labute approximate surface area is 53.8 Å². The summed E-state index contributed by atoms with van der Waals surface area (Å²) in [6, 6.07) is 0.449. The summed E-state index contributed by atoms with van der Waals surface area (Å²) >= 11 is 0. The van der Waals surface area contributed by atoms with Crippen LogP contribution in [-0.2, 0) is 0 Å². The molecule has 1 aliphatic heterocycles. The first-order valence-electron chi connectivity index (χ1n) is 3.40. The molecule has 1 atom stereocenters. The fourth-order valence-corrected chi connectivity index (χ4v) is 1.26. The summed E-state index contributed by atoms with van der Waals surface area (Å²) in [6.45, 7) is 0.837. The van der Waals surface area contributed by atoms with Crippen LogP contribution in [0.3, 0.4) is 0 Å². The van der Waals surface area contributed by atoms with E-state index in [0.29, 0.717) is 6.04 Å². The molecule has 2 fully saturated rings. The Morgan fingerprint density at radius 2 is 2.22 bits per heavy atom. The Hall–Kier alpha value is -0.730. The Morgan fingerprint density at radius 1 is 1.44 bits per heavy atom. The number of amides is 2. The molecule has 50 valence electrons. The molecule has 1 heterocycles. The van der Waals surface area contributed by atoms with Gasteiger partial charge >= 0.3 is 6.03 Å². The van der Waals surface area contributed by atoms with E-state index >= 15 is 0 Å². The van der Waals surface area contributed by atoms with E-state index in [0.717, 1.165) is 12.5 Å². The zero-order valence-corrected chi connectivity index (χ0v) is 5.18. The van der Waals surface area contributed by atoms with Crippen LogP contribution in [-0.4, -0.2) is 18.6 Å². The summed E-state index contributed by atoms with van der Waals surface area (Å²) in [6.07, 6.45) is 2.60. The third-order valence-electron chi connectivity index (χ3n) is 1.99. The van der Waals surface area contributed by atoms with Crippen molar-refractivity contribution in [2.45, 2.75) is 18.9 Å². The minimum Gasteiger partial charge on any atom is -0.336 e. The lowest BCUT2D eigenvalue weighted by atomic mass is 10.2. The van der Waals surface area contributed by atoms with Crippen molar-refractivity contribution in [3.63, 3.8) is 0 Å². The van der Waals surface area contributed by atoms with E-state index in [1.165, 1.54) is 12.8 Å². The van der Waals surface area contributed by atoms with Crippen LogP contribution in [0.25, 0.3) is 0 Å². The molecule has 3 nitrogen and oxygen atoms in total. The van der Waals surface area contributed by atoms with E-state index in [2.05, 4.69) is 10.6 Å². The highest BCUT2D eigenvalue weighted by Crippen LogP contribution is 2.33. The normalized spacial score (nSPS) is 33.8. The highest BCUT2D eigenvalue weighted by Gasteiger charge is 2.35. The van der Waals surface area contributed by atoms with Crippen LogP contribution in [0.4, 0.5) is 4.79 Å². The van der Waals surface area contributed by atoms with Crippen LogP contribution in [0.1, 0.15) is 12.8 Å². The number of hydrogen-bond donors (Lipinski definition) is 2. The van der Waals surface area contributed by atoms with Gasteiger partial charge in [0, 0.05) is 6.54 Å². The van der Waals surface area contributed by atoms with Crippen molar-refractivity contribution in [1.82, 2.24) is 10.6 Å². The Balaban J connectivity index is 1.92. The first kappa shape index (κ1) is 5.09. The molecule has 1 saturated heterocycles. The molecule has 2 rings (SSSR count). The van der Waals surface area contributed by atoms with Gasteiger partial charge in [-0.15, -0.1) is 0 Å². The minimum absolute atomic E-state index is 0.00639. The average Bonchev–Trinajstić information content (AvgIpc) is 2.58. The van der Waals surface area contributed by atoms with E-state index in [9.17, 15) is 4.79 Å². The zero-order chi connectivity index (χ0) is 6.27. The molecule has 0 radical (unpaired) electrons. The lowest BCUT2D eigenvalue weighted by Gasteiger charge is -2.02. The summed E-state index contributed by atoms with van der Waals surface area (Å²) in [5.41, 5.74) is 0. The first-order valence-corrected chi connectivity index (χ1v) is 3.40. The molecular formula is C6H10N2O. The number of nitrogens with one attached hydrogen (secondary N) is 2. The second kappa shape index (κ2) is 1.62. The van der Waals surface area contributed by atoms with E-state index in [1.807, 2.05) is 0 Å². The van der Waals surface area contributed by atoms with Crippen molar-refractivity contribution in [3.8, 4) is 0 Å². The van der Waals surface area contributed by atoms with E-state index in [4.69, 9.17) is 0 Å². The second-order valence-corrected chi connectivity index (χ2v) is 2.80. The van der Waals surface area contributed by atoms with E-state index in [1.54, 1.807) is 0 Å². The van der Waals surface area contributed by atoms with Crippen molar-refractivity contribution < 1.29 is 4.79 Å².